The number of phenolic OH excluding ortho intramolecular Hbond substituents is 1. The first-order valence-electron chi connectivity index (χ1n) is 6.65. The molecule has 0 bridgehead atoms. The Morgan fingerprint density at radius 2 is 1.91 bits per heavy atom. The van der Waals surface area contributed by atoms with Crippen molar-refractivity contribution in [1.82, 2.24) is 10.2 Å². The minimum atomic E-state index is -0.803. The van der Waals surface area contributed by atoms with Gasteiger partial charge in [0.2, 0.25) is 0 Å². The summed E-state index contributed by atoms with van der Waals surface area (Å²) >= 11 is 0. The average Bonchev–Trinajstić information content (AvgIpc) is 2.45. The molecular weight excluding hydrogens is 350 g/mol. The van der Waals surface area contributed by atoms with Crippen molar-refractivity contribution in [2.45, 2.75) is 19.8 Å². The van der Waals surface area contributed by atoms with Crippen LogP contribution < -0.4 is 5.32 Å². The number of hydrogen-bond acceptors (Lipinski definition) is 5. The molecule has 7 heteroatoms. The zero-order valence-corrected chi connectivity index (χ0v) is 13.8. The lowest BCUT2D eigenvalue weighted by molar-refractivity contribution is -0.137. The van der Waals surface area contributed by atoms with Crippen LogP contribution in [0.2, 0.25) is 0 Å². The molecule has 0 radical (unpaired) electrons. The molecule has 1 aromatic carbocycles. The van der Waals surface area contributed by atoms with Gasteiger partial charge >= 0.3 is 5.97 Å². The molecule has 22 heavy (non-hydrogen) atoms. The Bertz CT molecular complexity index is 632. The number of benzene rings is 1. The second-order valence-corrected chi connectivity index (χ2v) is 4.73. The lowest BCUT2D eigenvalue weighted by Gasteiger charge is -2.08. The number of rotatable bonds is 6. The summed E-state index contributed by atoms with van der Waals surface area (Å²) < 4.78 is 0. The van der Waals surface area contributed by atoms with Crippen LogP contribution in [0.1, 0.15) is 18.4 Å². The maximum absolute atomic E-state index is 10.4. The molecule has 0 amide bonds. The number of phenols is 1. The van der Waals surface area contributed by atoms with E-state index >= 15 is 0 Å². The maximum atomic E-state index is 10.4. The van der Waals surface area contributed by atoms with Crippen molar-refractivity contribution >= 4 is 28.8 Å². The van der Waals surface area contributed by atoms with Crippen molar-refractivity contribution in [2.24, 2.45) is 0 Å². The Kier molecular flexibility index (Phi) is 6.78. The highest BCUT2D eigenvalue weighted by Gasteiger charge is 2.06. The number of carboxylic acids is 1. The highest BCUT2D eigenvalue weighted by molar-refractivity contribution is 8.93. The third-order valence-electron chi connectivity index (χ3n) is 3.01. The quantitative estimate of drug-likeness (QED) is 0.679. The summed E-state index contributed by atoms with van der Waals surface area (Å²) in [5.74, 6) is 0.0605. The molecule has 0 aliphatic heterocycles. The van der Waals surface area contributed by atoms with Crippen LogP contribution in [-0.4, -0.2) is 32.9 Å². The van der Waals surface area contributed by atoms with E-state index in [1.54, 1.807) is 24.3 Å². The fourth-order valence-corrected chi connectivity index (χ4v) is 1.88. The van der Waals surface area contributed by atoms with Crippen molar-refractivity contribution in [3.8, 4) is 17.0 Å². The summed E-state index contributed by atoms with van der Waals surface area (Å²) in [6, 6.07) is 8.66. The third kappa shape index (κ3) is 5.00. The lowest BCUT2D eigenvalue weighted by Crippen LogP contribution is -2.08. The molecular formula is C15H18BrN3O3. The minimum Gasteiger partial charge on any atom is -0.508 e. The third-order valence-corrected chi connectivity index (χ3v) is 3.01. The van der Waals surface area contributed by atoms with Crippen molar-refractivity contribution in [3.63, 3.8) is 0 Å². The second kappa shape index (κ2) is 8.33. The van der Waals surface area contributed by atoms with Gasteiger partial charge in [-0.15, -0.1) is 27.2 Å². The fourth-order valence-electron chi connectivity index (χ4n) is 1.88. The number of hydrogen-bond donors (Lipinski definition) is 3. The van der Waals surface area contributed by atoms with Crippen LogP contribution >= 0.6 is 17.0 Å². The van der Waals surface area contributed by atoms with E-state index in [0.717, 1.165) is 16.8 Å². The van der Waals surface area contributed by atoms with Gasteiger partial charge in [0, 0.05) is 18.5 Å². The van der Waals surface area contributed by atoms with Crippen molar-refractivity contribution in [2.75, 3.05) is 11.9 Å². The molecule has 2 rings (SSSR count). The molecule has 0 aliphatic rings. The van der Waals surface area contributed by atoms with Gasteiger partial charge in [0.25, 0.3) is 0 Å². The summed E-state index contributed by atoms with van der Waals surface area (Å²) in [6.45, 7) is 2.46. The predicted octanol–water partition coefficient (Wildman–Crippen LogP) is 3.01. The van der Waals surface area contributed by atoms with E-state index in [0.29, 0.717) is 18.8 Å². The number of halogens is 1. The number of nitrogens with one attached hydrogen (secondary N) is 1. The largest absolute Gasteiger partial charge is 0.508 e. The highest BCUT2D eigenvalue weighted by Crippen LogP contribution is 2.22. The molecule has 6 nitrogen and oxygen atoms in total. The Labute approximate surface area is 139 Å². The van der Waals surface area contributed by atoms with Crippen molar-refractivity contribution in [1.29, 1.82) is 0 Å². The number of nitrogens with zero attached hydrogens (tertiary/aromatic N) is 2. The van der Waals surface area contributed by atoms with Gasteiger partial charge in [0.15, 0.2) is 5.82 Å². The van der Waals surface area contributed by atoms with Crippen LogP contribution in [0, 0.1) is 6.92 Å². The van der Waals surface area contributed by atoms with Crippen LogP contribution in [0.4, 0.5) is 5.82 Å². The Morgan fingerprint density at radius 1 is 1.23 bits per heavy atom. The number of aromatic nitrogens is 2. The summed E-state index contributed by atoms with van der Waals surface area (Å²) in [4.78, 5) is 10.4. The molecule has 0 unspecified atom stereocenters. The van der Waals surface area contributed by atoms with Gasteiger partial charge in [-0.3, -0.25) is 4.79 Å². The van der Waals surface area contributed by atoms with E-state index in [1.807, 2.05) is 13.0 Å². The van der Waals surface area contributed by atoms with Crippen LogP contribution in [0.5, 0.6) is 5.75 Å². The summed E-state index contributed by atoms with van der Waals surface area (Å²) in [5, 5.41) is 29.2. The molecule has 0 saturated heterocycles. The molecule has 1 heterocycles. The standard InChI is InChI=1S/C15H17N3O3.BrH/c1-10-9-13(11-4-6-12(19)7-5-11)17-18-15(10)16-8-2-3-14(20)21;/h4-7,9,19H,2-3,8H2,1H3,(H,16,18)(H,20,21);1H. The first-order valence-corrected chi connectivity index (χ1v) is 6.65. The SMILES string of the molecule is Br.Cc1cc(-c2ccc(O)cc2)nnc1NCCCC(=O)O. The first-order chi connectivity index (χ1) is 10.1. The first kappa shape index (κ1) is 17.9. The zero-order valence-electron chi connectivity index (χ0n) is 12.1. The van der Waals surface area contributed by atoms with Crippen molar-refractivity contribution < 1.29 is 15.0 Å². The van der Waals surface area contributed by atoms with Crippen LogP contribution in [0.25, 0.3) is 11.3 Å². The van der Waals surface area contributed by atoms with Gasteiger partial charge in [0.1, 0.15) is 5.75 Å². The Morgan fingerprint density at radius 3 is 2.50 bits per heavy atom. The van der Waals surface area contributed by atoms with E-state index in [4.69, 9.17) is 5.11 Å². The molecule has 118 valence electrons. The number of aromatic hydroxyl groups is 1. The molecule has 0 atom stereocenters. The number of aryl methyl sites for hydroxylation is 1. The fraction of sp³-hybridized carbons (Fsp3) is 0.267. The zero-order chi connectivity index (χ0) is 15.2. The van der Waals surface area contributed by atoms with E-state index in [-0.39, 0.29) is 29.2 Å². The van der Waals surface area contributed by atoms with E-state index in [9.17, 15) is 9.90 Å². The summed E-state index contributed by atoms with van der Waals surface area (Å²) in [6.07, 6.45) is 0.668. The van der Waals surface area contributed by atoms with Crippen molar-refractivity contribution in [3.05, 3.63) is 35.9 Å². The smallest absolute Gasteiger partial charge is 0.303 e. The van der Waals surface area contributed by atoms with Crippen LogP contribution in [0.3, 0.4) is 0 Å². The normalized spacial score (nSPS) is 9.86. The van der Waals surface area contributed by atoms with Gasteiger partial charge in [-0.05, 0) is 49.2 Å². The van der Waals surface area contributed by atoms with Crippen LogP contribution in [0.15, 0.2) is 30.3 Å². The number of carbonyl (C=O) groups is 1. The lowest BCUT2D eigenvalue weighted by atomic mass is 10.1. The Balaban J connectivity index is 0.00000242. The molecule has 0 fully saturated rings. The highest BCUT2D eigenvalue weighted by atomic mass is 79.9. The number of carboxylic acid groups (broad SMARTS) is 1. The van der Waals surface area contributed by atoms with E-state index in [1.165, 1.54) is 0 Å². The molecule has 0 saturated carbocycles. The molecule has 3 N–H and O–H groups in total. The number of aliphatic carboxylic acids is 1. The number of anilines is 1. The average molecular weight is 368 g/mol. The van der Waals surface area contributed by atoms with Gasteiger partial charge in [-0.1, -0.05) is 0 Å². The predicted molar refractivity (Wildman–Crippen MR) is 89.6 cm³/mol. The second-order valence-electron chi connectivity index (χ2n) is 4.73. The summed E-state index contributed by atoms with van der Waals surface area (Å²) in [5.41, 5.74) is 2.54. The van der Waals surface area contributed by atoms with Gasteiger partial charge in [-0.25, -0.2) is 0 Å². The minimum absolute atomic E-state index is 0. The van der Waals surface area contributed by atoms with Gasteiger partial charge in [0.05, 0.1) is 5.69 Å². The van der Waals surface area contributed by atoms with E-state index < -0.39 is 5.97 Å². The topological polar surface area (TPSA) is 95.3 Å². The Hall–Kier alpha value is -2.15. The molecule has 2 aromatic rings. The molecule has 0 spiro atoms. The molecule has 1 aromatic heterocycles. The van der Waals surface area contributed by atoms with Gasteiger partial charge < -0.3 is 15.5 Å². The van der Waals surface area contributed by atoms with E-state index in [2.05, 4.69) is 15.5 Å². The monoisotopic (exact) mass is 367 g/mol. The van der Waals surface area contributed by atoms with Crippen LogP contribution in [-0.2, 0) is 4.79 Å². The maximum Gasteiger partial charge on any atom is 0.303 e. The summed E-state index contributed by atoms with van der Waals surface area (Å²) in [7, 11) is 0. The molecule has 0 aliphatic carbocycles. The van der Waals surface area contributed by atoms with Gasteiger partial charge in [-0.2, -0.15) is 0 Å².